The maximum absolute atomic E-state index is 12.0. The van der Waals surface area contributed by atoms with Gasteiger partial charge in [0.1, 0.15) is 5.75 Å². The van der Waals surface area contributed by atoms with Gasteiger partial charge in [-0.15, -0.1) is 0 Å². The van der Waals surface area contributed by atoms with E-state index in [-0.39, 0.29) is 12.3 Å². The summed E-state index contributed by atoms with van der Waals surface area (Å²) in [5.74, 6) is -1.47. The molecule has 1 aliphatic heterocycles. The van der Waals surface area contributed by atoms with E-state index in [1.807, 2.05) is 0 Å². The Balaban J connectivity index is 2.57. The van der Waals surface area contributed by atoms with Gasteiger partial charge < -0.3 is 9.64 Å². The van der Waals surface area contributed by atoms with E-state index in [2.05, 4.69) is 4.74 Å². The SMILES string of the molecule is COC(=O)CC(C)S(=O)(=O)CC(=O)N1CCCCC1. The molecule has 0 spiro atoms. The van der Waals surface area contributed by atoms with Gasteiger partial charge in [0.15, 0.2) is 9.84 Å². The second-order valence-corrected chi connectivity index (χ2v) is 7.26. The largest absolute Gasteiger partial charge is 0.469 e. The minimum Gasteiger partial charge on any atom is -0.469 e. The molecule has 0 N–H and O–H groups in total. The molecule has 1 fully saturated rings. The summed E-state index contributed by atoms with van der Waals surface area (Å²) >= 11 is 0. The summed E-state index contributed by atoms with van der Waals surface area (Å²) in [6, 6.07) is 0. The highest BCUT2D eigenvalue weighted by Gasteiger charge is 2.29. The summed E-state index contributed by atoms with van der Waals surface area (Å²) in [5.41, 5.74) is 0. The average Bonchev–Trinajstić information content (AvgIpc) is 2.39. The van der Waals surface area contributed by atoms with Gasteiger partial charge in [-0.25, -0.2) is 8.42 Å². The number of amides is 1. The van der Waals surface area contributed by atoms with Crippen LogP contribution in [0.3, 0.4) is 0 Å². The van der Waals surface area contributed by atoms with Crippen molar-refractivity contribution in [2.24, 2.45) is 0 Å². The zero-order chi connectivity index (χ0) is 14.5. The highest BCUT2D eigenvalue weighted by Crippen LogP contribution is 2.12. The summed E-state index contributed by atoms with van der Waals surface area (Å²) in [6.45, 7) is 2.68. The molecule has 1 amide bonds. The predicted octanol–water partition coefficient (Wildman–Crippen LogP) is 0.365. The fourth-order valence-corrected chi connectivity index (χ4v) is 3.20. The molecule has 0 bridgehead atoms. The molecule has 7 heteroatoms. The van der Waals surface area contributed by atoms with Gasteiger partial charge >= 0.3 is 5.97 Å². The molecule has 0 aromatic rings. The molecule has 1 atom stereocenters. The number of nitrogens with zero attached hydrogens (tertiary/aromatic N) is 1. The van der Waals surface area contributed by atoms with E-state index in [1.165, 1.54) is 14.0 Å². The summed E-state index contributed by atoms with van der Waals surface area (Å²) in [6.07, 6.45) is 2.70. The Morgan fingerprint density at radius 1 is 1.21 bits per heavy atom. The summed E-state index contributed by atoms with van der Waals surface area (Å²) in [7, 11) is -2.40. The lowest BCUT2D eigenvalue weighted by molar-refractivity contribution is -0.140. The first kappa shape index (κ1) is 15.9. The number of carbonyl (C=O) groups is 2. The van der Waals surface area contributed by atoms with Gasteiger partial charge in [0.2, 0.25) is 5.91 Å². The van der Waals surface area contributed by atoms with E-state index in [9.17, 15) is 18.0 Å². The lowest BCUT2D eigenvalue weighted by atomic mass is 10.1. The normalized spacial score (nSPS) is 17.9. The van der Waals surface area contributed by atoms with Crippen molar-refractivity contribution in [3.05, 3.63) is 0 Å². The van der Waals surface area contributed by atoms with Gasteiger partial charge in [-0.1, -0.05) is 0 Å². The summed E-state index contributed by atoms with van der Waals surface area (Å²) < 4.78 is 28.4. The van der Waals surface area contributed by atoms with Crippen LogP contribution in [0.4, 0.5) is 0 Å². The Bertz CT molecular complexity index is 425. The van der Waals surface area contributed by atoms with E-state index < -0.39 is 26.8 Å². The molecule has 19 heavy (non-hydrogen) atoms. The average molecular weight is 291 g/mol. The highest BCUT2D eigenvalue weighted by molar-refractivity contribution is 7.92. The van der Waals surface area contributed by atoms with Gasteiger partial charge in [-0.2, -0.15) is 0 Å². The Labute approximate surface area is 114 Å². The van der Waals surface area contributed by atoms with Crippen LogP contribution in [0.2, 0.25) is 0 Å². The van der Waals surface area contributed by atoms with Crippen molar-refractivity contribution in [2.75, 3.05) is 26.0 Å². The first-order valence-corrected chi connectivity index (χ1v) is 8.14. The van der Waals surface area contributed by atoms with Crippen LogP contribution in [-0.4, -0.2) is 56.4 Å². The van der Waals surface area contributed by atoms with Crippen LogP contribution in [0.1, 0.15) is 32.6 Å². The van der Waals surface area contributed by atoms with Crippen LogP contribution in [0.15, 0.2) is 0 Å². The predicted molar refractivity (Wildman–Crippen MR) is 70.3 cm³/mol. The number of hydrogen-bond acceptors (Lipinski definition) is 5. The van der Waals surface area contributed by atoms with Gasteiger partial charge in [0, 0.05) is 13.1 Å². The summed E-state index contributed by atoms with van der Waals surface area (Å²) in [4.78, 5) is 24.6. The monoisotopic (exact) mass is 291 g/mol. The van der Waals surface area contributed by atoms with E-state index >= 15 is 0 Å². The second-order valence-electron chi connectivity index (χ2n) is 4.84. The zero-order valence-corrected chi connectivity index (χ0v) is 12.2. The number of sulfone groups is 1. The molecule has 0 radical (unpaired) electrons. The van der Waals surface area contributed by atoms with Crippen molar-refractivity contribution in [1.29, 1.82) is 0 Å². The van der Waals surface area contributed by atoms with E-state index in [1.54, 1.807) is 4.90 Å². The molecular formula is C12H21NO5S. The van der Waals surface area contributed by atoms with Crippen LogP contribution in [0.25, 0.3) is 0 Å². The Hall–Kier alpha value is -1.11. The fraction of sp³-hybridized carbons (Fsp3) is 0.833. The molecule has 0 saturated carbocycles. The molecule has 0 aromatic carbocycles. The number of likely N-dealkylation sites (tertiary alicyclic amines) is 1. The van der Waals surface area contributed by atoms with Gasteiger partial charge in [0.25, 0.3) is 0 Å². The van der Waals surface area contributed by atoms with Crippen LogP contribution >= 0.6 is 0 Å². The van der Waals surface area contributed by atoms with Crippen molar-refractivity contribution >= 4 is 21.7 Å². The van der Waals surface area contributed by atoms with Crippen LogP contribution in [-0.2, 0) is 24.2 Å². The maximum atomic E-state index is 12.0. The third-order valence-electron chi connectivity index (χ3n) is 3.33. The molecule has 1 saturated heterocycles. The second kappa shape index (κ2) is 6.88. The van der Waals surface area contributed by atoms with E-state index in [0.29, 0.717) is 13.1 Å². The zero-order valence-electron chi connectivity index (χ0n) is 11.4. The van der Waals surface area contributed by atoms with E-state index in [0.717, 1.165) is 19.3 Å². The number of carbonyl (C=O) groups excluding carboxylic acids is 2. The molecule has 1 heterocycles. The number of methoxy groups -OCH3 is 1. The molecule has 6 nitrogen and oxygen atoms in total. The number of ether oxygens (including phenoxy) is 1. The molecule has 1 rings (SSSR count). The molecule has 110 valence electrons. The van der Waals surface area contributed by atoms with Crippen LogP contribution < -0.4 is 0 Å². The Morgan fingerprint density at radius 2 is 1.79 bits per heavy atom. The first-order chi connectivity index (χ1) is 8.86. The molecule has 0 aliphatic carbocycles. The topological polar surface area (TPSA) is 80.8 Å². The highest BCUT2D eigenvalue weighted by atomic mass is 32.2. The lowest BCUT2D eigenvalue weighted by Gasteiger charge is -2.27. The fourth-order valence-electron chi connectivity index (χ4n) is 1.99. The number of rotatable bonds is 5. The van der Waals surface area contributed by atoms with Crippen LogP contribution in [0.5, 0.6) is 0 Å². The van der Waals surface area contributed by atoms with Crippen molar-refractivity contribution in [1.82, 2.24) is 4.90 Å². The van der Waals surface area contributed by atoms with E-state index in [4.69, 9.17) is 0 Å². The molecule has 1 unspecified atom stereocenters. The quantitative estimate of drug-likeness (QED) is 0.683. The Morgan fingerprint density at radius 3 is 2.32 bits per heavy atom. The standard InChI is InChI=1S/C12H21NO5S/c1-10(8-12(15)18-2)19(16,17)9-11(14)13-6-4-3-5-7-13/h10H,3-9H2,1-2H3. The first-order valence-electron chi connectivity index (χ1n) is 6.43. The number of piperidine rings is 1. The molecule has 0 aromatic heterocycles. The maximum Gasteiger partial charge on any atom is 0.306 e. The minimum absolute atomic E-state index is 0.216. The number of hydrogen-bond donors (Lipinski definition) is 0. The summed E-state index contributed by atoms with van der Waals surface area (Å²) in [5, 5.41) is -0.895. The van der Waals surface area contributed by atoms with Gasteiger partial charge in [0.05, 0.1) is 18.8 Å². The third-order valence-corrected chi connectivity index (χ3v) is 5.37. The van der Waals surface area contributed by atoms with Crippen molar-refractivity contribution in [2.45, 2.75) is 37.9 Å². The van der Waals surface area contributed by atoms with Crippen molar-refractivity contribution in [3.63, 3.8) is 0 Å². The smallest absolute Gasteiger partial charge is 0.306 e. The molecule has 1 aliphatic rings. The Kier molecular flexibility index (Phi) is 5.78. The molecular weight excluding hydrogens is 270 g/mol. The van der Waals surface area contributed by atoms with Crippen molar-refractivity contribution in [3.8, 4) is 0 Å². The lowest BCUT2D eigenvalue weighted by Crippen LogP contribution is -2.41. The van der Waals surface area contributed by atoms with Crippen LogP contribution in [0, 0.1) is 0 Å². The third kappa shape index (κ3) is 4.81. The van der Waals surface area contributed by atoms with Gasteiger partial charge in [-0.05, 0) is 26.2 Å². The van der Waals surface area contributed by atoms with Gasteiger partial charge in [-0.3, -0.25) is 9.59 Å². The minimum atomic E-state index is -3.61. The van der Waals surface area contributed by atoms with Crippen molar-refractivity contribution < 1.29 is 22.7 Å². The number of esters is 1.